The molecule has 2 unspecified atom stereocenters. The molecule has 1 aliphatic carbocycles. The number of hydrogen-bond donors (Lipinski definition) is 2. The van der Waals surface area contributed by atoms with Crippen LogP contribution in [0.15, 0.2) is 37.0 Å². The average molecular weight is 196 g/mol. The summed E-state index contributed by atoms with van der Waals surface area (Å²) >= 11 is 4.37. The standard InChI is InChI=1S/C10H12O2S/c1-2-6-10(13)7-4-3-5-8(10)9(11)12/h2-5,7-8,13H,1,6H2,(H,11,12). The quantitative estimate of drug-likeness (QED) is 0.535. The molecule has 70 valence electrons. The maximum atomic E-state index is 10.9. The molecule has 1 N–H and O–H groups in total. The lowest BCUT2D eigenvalue weighted by Gasteiger charge is -2.30. The summed E-state index contributed by atoms with van der Waals surface area (Å²) in [5, 5.41) is 8.93. The summed E-state index contributed by atoms with van der Waals surface area (Å²) < 4.78 is -0.623. The normalized spacial score (nSPS) is 31.6. The van der Waals surface area contributed by atoms with Gasteiger partial charge in [0.05, 0.1) is 10.7 Å². The molecule has 0 aliphatic heterocycles. The summed E-state index contributed by atoms with van der Waals surface area (Å²) in [5.74, 6) is -1.42. The van der Waals surface area contributed by atoms with Gasteiger partial charge >= 0.3 is 5.97 Å². The zero-order valence-electron chi connectivity index (χ0n) is 7.18. The van der Waals surface area contributed by atoms with Crippen LogP contribution in [0.25, 0.3) is 0 Å². The first-order valence-electron chi connectivity index (χ1n) is 4.02. The van der Waals surface area contributed by atoms with Crippen molar-refractivity contribution in [2.45, 2.75) is 11.2 Å². The smallest absolute Gasteiger partial charge is 0.312 e. The van der Waals surface area contributed by atoms with E-state index in [0.29, 0.717) is 6.42 Å². The molecule has 0 radical (unpaired) electrons. The lowest BCUT2D eigenvalue weighted by molar-refractivity contribution is -0.140. The zero-order valence-corrected chi connectivity index (χ0v) is 8.08. The predicted molar refractivity (Wildman–Crippen MR) is 55.9 cm³/mol. The van der Waals surface area contributed by atoms with Crippen molar-refractivity contribution in [3.05, 3.63) is 37.0 Å². The number of carboxylic acids is 1. The highest BCUT2D eigenvalue weighted by Crippen LogP contribution is 2.34. The highest BCUT2D eigenvalue weighted by Gasteiger charge is 2.36. The molecule has 0 spiro atoms. The second-order valence-corrected chi connectivity index (χ2v) is 3.88. The second kappa shape index (κ2) is 3.83. The first-order chi connectivity index (χ1) is 6.10. The van der Waals surface area contributed by atoms with Crippen molar-refractivity contribution in [2.75, 3.05) is 0 Å². The summed E-state index contributed by atoms with van der Waals surface area (Å²) in [6.07, 6.45) is 9.24. The molecule has 1 rings (SSSR count). The van der Waals surface area contributed by atoms with Crippen LogP contribution in [0.5, 0.6) is 0 Å². The monoisotopic (exact) mass is 196 g/mol. The van der Waals surface area contributed by atoms with E-state index in [4.69, 9.17) is 5.11 Å². The molecule has 0 aromatic carbocycles. The van der Waals surface area contributed by atoms with Crippen molar-refractivity contribution < 1.29 is 9.90 Å². The van der Waals surface area contributed by atoms with E-state index >= 15 is 0 Å². The van der Waals surface area contributed by atoms with Crippen molar-refractivity contribution in [3.63, 3.8) is 0 Å². The Morgan fingerprint density at radius 2 is 2.38 bits per heavy atom. The van der Waals surface area contributed by atoms with Gasteiger partial charge in [-0.05, 0) is 6.42 Å². The van der Waals surface area contributed by atoms with Crippen LogP contribution in [0, 0.1) is 5.92 Å². The molecule has 0 amide bonds. The molecule has 0 saturated heterocycles. The molecule has 0 bridgehead atoms. The van der Waals surface area contributed by atoms with Gasteiger partial charge in [-0.2, -0.15) is 12.6 Å². The van der Waals surface area contributed by atoms with Crippen molar-refractivity contribution >= 4 is 18.6 Å². The van der Waals surface area contributed by atoms with Crippen LogP contribution >= 0.6 is 12.6 Å². The van der Waals surface area contributed by atoms with Crippen molar-refractivity contribution in [1.82, 2.24) is 0 Å². The van der Waals surface area contributed by atoms with Crippen LogP contribution in [0.1, 0.15) is 6.42 Å². The van der Waals surface area contributed by atoms with E-state index in [1.54, 1.807) is 24.3 Å². The zero-order chi connectivity index (χ0) is 9.90. The van der Waals surface area contributed by atoms with E-state index in [9.17, 15) is 4.79 Å². The average Bonchev–Trinajstić information content (AvgIpc) is 2.04. The van der Waals surface area contributed by atoms with Gasteiger partial charge in [0.1, 0.15) is 0 Å². The number of carbonyl (C=O) groups is 1. The van der Waals surface area contributed by atoms with Gasteiger partial charge in [-0.15, -0.1) is 6.58 Å². The Hall–Kier alpha value is -0.960. The summed E-state index contributed by atoms with van der Waals surface area (Å²) in [4.78, 5) is 10.9. The summed E-state index contributed by atoms with van der Waals surface area (Å²) in [6, 6.07) is 0. The summed E-state index contributed by atoms with van der Waals surface area (Å²) in [6.45, 7) is 3.59. The Labute approximate surface area is 83.1 Å². The third-order valence-electron chi connectivity index (χ3n) is 2.08. The summed E-state index contributed by atoms with van der Waals surface area (Å²) in [5.41, 5.74) is 0. The molecule has 2 nitrogen and oxygen atoms in total. The van der Waals surface area contributed by atoms with E-state index in [1.165, 1.54) is 0 Å². The Morgan fingerprint density at radius 1 is 1.69 bits per heavy atom. The van der Waals surface area contributed by atoms with Gasteiger partial charge in [-0.3, -0.25) is 4.79 Å². The SMILES string of the molecule is C=CCC1(S)C=CC=CC1C(=O)O. The Morgan fingerprint density at radius 3 is 2.92 bits per heavy atom. The molecule has 0 aromatic heterocycles. The lowest BCUT2D eigenvalue weighted by atomic mass is 9.85. The number of carboxylic acid groups (broad SMARTS) is 1. The van der Waals surface area contributed by atoms with Crippen molar-refractivity contribution in [2.24, 2.45) is 5.92 Å². The Bertz CT molecular complexity index is 281. The molecule has 0 saturated carbocycles. The van der Waals surface area contributed by atoms with Crippen LogP contribution in [0.3, 0.4) is 0 Å². The second-order valence-electron chi connectivity index (χ2n) is 3.04. The van der Waals surface area contributed by atoms with E-state index in [1.807, 2.05) is 6.08 Å². The highest BCUT2D eigenvalue weighted by atomic mass is 32.1. The Kier molecular flexibility index (Phi) is 2.98. The van der Waals surface area contributed by atoms with E-state index < -0.39 is 16.6 Å². The third kappa shape index (κ3) is 2.04. The molecule has 1 aliphatic rings. The van der Waals surface area contributed by atoms with Gasteiger partial charge in [0.15, 0.2) is 0 Å². The number of thiol groups is 1. The van der Waals surface area contributed by atoms with Gasteiger partial charge in [-0.1, -0.05) is 30.4 Å². The van der Waals surface area contributed by atoms with Crippen LogP contribution in [0.2, 0.25) is 0 Å². The molecule has 2 atom stereocenters. The van der Waals surface area contributed by atoms with Crippen molar-refractivity contribution in [3.8, 4) is 0 Å². The minimum atomic E-state index is -0.850. The van der Waals surface area contributed by atoms with Gasteiger partial charge in [0.2, 0.25) is 0 Å². The third-order valence-corrected chi connectivity index (χ3v) is 2.69. The summed E-state index contributed by atoms with van der Waals surface area (Å²) in [7, 11) is 0. The van der Waals surface area contributed by atoms with E-state index in [-0.39, 0.29) is 0 Å². The lowest BCUT2D eigenvalue weighted by Crippen LogP contribution is -2.35. The number of aliphatic carboxylic acids is 1. The maximum Gasteiger partial charge on any atom is 0.312 e. The van der Waals surface area contributed by atoms with E-state index in [0.717, 1.165) is 0 Å². The predicted octanol–water partition coefficient (Wildman–Crippen LogP) is 2.06. The van der Waals surface area contributed by atoms with E-state index in [2.05, 4.69) is 19.2 Å². The molecule has 0 aromatic rings. The molecule has 0 fully saturated rings. The topological polar surface area (TPSA) is 37.3 Å². The molecular formula is C10H12O2S. The van der Waals surface area contributed by atoms with Crippen molar-refractivity contribution in [1.29, 1.82) is 0 Å². The van der Waals surface area contributed by atoms with Gasteiger partial charge in [-0.25, -0.2) is 0 Å². The first-order valence-corrected chi connectivity index (χ1v) is 4.47. The first kappa shape index (κ1) is 10.1. The molecule has 0 heterocycles. The van der Waals surface area contributed by atoms with Crippen LogP contribution in [0.4, 0.5) is 0 Å². The minimum absolute atomic E-state index is 0.550. The fourth-order valence-corrected chi connectivity index (χ4v) is 1.80. The fourth-order valence-electron chi connectivity index (χ4n) is 1.39. The fraction of sp³-hybridized carbons (Fsp3) is 0.300. The molecular weight excluding hydrogens is 184 g/mol. The number of rotatable bonds is 3. The maximum absolute atomic E-state index is 10.9. The Balaban J connectivity index is 2.92. The molecule has 3 heteroatoms. The number of allylic oxidation sites excluding steroid dienone is 3. The largest absolute Gasteiger partial charge is 0.481 e. The van der Waals surface area contributed by atoms with Gasteiger partial charge < -0.3 is 5.11 Å². The van der Waals surface area contributed by atoms with Crippen LogP contribution < -0.4 is 0 Å². The van der Waals surface area contributed by atoms with Gasteiger partial charge in [0.25, 0.3) is 0 Å². The van der Waals surface area contributed by atoms with Crippen LogP contribution in [-0.4, -0.2) is 15.8 Å². The van der Waals surface area contributed by atoms with Crippen LogP contribution in [-0.2, 0) is 4.79 Å². The molecule has 13 heavy (non-hydrogen) atoms. The van der Waals surface area contributed by atoms with Gasteiger partial charge in [0, 0.05) is 0 Å². The number of hydrogen-bond acceptors (Lipinski definition) is 2. The minimum Gasteiger partial charge on any atom is -0.481 e. The highest BCUT2D eigenvalue weighted by molar-refractivity contribution is 7.82.